The number of nitrogens with zero attached hydrogens (tertiary/aromatic N) is 1. The molecule has 0 fully saturated rings. The Hall–Kier alpha value is -1.98. The molecule has 0 aromatic carbocycles. The van der Waals surface area contributed by atoms with Gasteiger partial charge in [-0.3, -0.25) is 14.9 Å². The third-order valence-corrected chi connectivity index (χ3v) is 4.59. The smallest absolute Gasteiger partial charge is 0.372 e. The lowest BCUT2D eigenvalue weighted by Crippen LogP contribution is -2.27. The maximum atomic E-state index is 11.9. The lowest BCUT2D eigenvalue weighted by molar-refractivity contribution is -0.174. The lowest BCUT2D eigenvalue weighted by Gasteiger charge is -2.08. The second-order valence-electron chi connectivity index (χ2n) is 5.12. The third kappa shape index (κ3) is 7.50. The molecule has 2 N–H and O–H groups in total. The van der Waals surface area contributed by atoms with Crippen molar-refractivity contribution < 1.29 is 27.5 Å². The number of amides is 2. The van der Waals surface area contributed by atoms with E-state index in [1.54, 1.807) is 22.9 Å². The molecule has 0 bridgehead atoms. The first kappa shape index (κ1) is 20.3. The number of hydrogen-bond donors (Lipinski definition) is 2. The van der Waals surface area contributed by atoms with Crippen LogP contribution in [0.15, 0.2) is 22.9 Å². The Morgan fingerprint density at radius 3 is 2.77 bits per heavy atom. The third-order valence-electron chi connectivity index (χ3n) is 2.91. The van der Waals surface area contributed by atoms with E-state index in [1.165, 1.54) is 22.7 Å². The molecule has 2 rings (SSSR count). The molecule has 2 heterocycles. The van der Waals surface area contributed by atoms with Gasteiger partial charge in [0.15, 0.2) is 5.13 Å². The number of nitrogens with one attached hydrogen (secondary N) is 2. The van der Waals surface area contributed by atoms with Crippen LogP contribution in [0.3, 0.4) is 0 Å². The van der Waals surface area contributed by atoms with Gasteiger partial charge in [0, 0.05) is 18.5 Å². The summed E-state index contributed by atoms with van der Waals surface area (Å²) in [7, 11) is 0. The molecule has 11 heteroatoms. The number of thiazole rings is 1. The van der Waals surface area contributed by atoms with E-state index < -0.39 is 12.8 Å². The summed E-state index contributed by atoms with van der Waals surface area (Å²) in [6.07, 6.45) is -4.04. The summed E-state index contributed by atoms with van der Waals surface area (Å²) in [5, 5.41) is 9.09. The Balaban J connectivity index is 1.65. The fraction of sp³-hybridized carbons (Fsp3) is 0.400. The van der Waals surface area contributed by atoms with Crippen molar-refractivity contribution >= 4 is 39.6 Å². The van der Waals surface area contributed by atoms with Crippen LogP contribution in [0.25, 0.3) is 0 Å². The number of rotatable bonds is 9. The van der Waals surface area contributed by atoms with Gasteiger partial charge >= 0.3 is 6.18 Å². The minimum atomic E-state index is -4.34. The zero-order chi connectivity index (χ0) is 19.0. The van der Waals surface area contributed by atoms with E-state index >= 15 is 0 Å². The summed E-state index contributed by atoms with van der Waals surface area (Å²) in [6, 6.07) is 3.46. The van der Waals surface area contributed by atoms with Crippen molar-refractivity contribution in [3.8, 4) is 0 Å². The molecular formula is C15H16F3N3O3S2. The zero-order valence-electron chi connectivity index (χ0n) is 13.5. The average Bonchev–Trinajstić information content (AvgIpc) is 3.21. The van der Waals surface area contributed by atoms with Crippen LogP contribution in [0.1, 0.15) is 21.8 Å². The first-order chi connectivity index (χ1) is 12.3. The number of hydrogen-bond acceptors (Lipinski definition) is 6. The standard InChI is InChI=1S/C15H16F3N3O3S2/c16-15(17,18)9-24-5-2-4-19-12(22)7-10-8-26-14(20-10)21-13(23)11-3-1-6-25-11/h1,3,6,8H,2,4-5,7,9H2,(H,19,22)(H,20,21,23). The van der Waals surface area contributed by atoms with Crippen LogP contribution in [0, 0.1) is 0 Å². The SMILES string of the molecule is O=C(Cc1csc(NC(=O)c2cccs2)n1)NCCCOCC(F)(F)F. The number of halogens is 3. The molecular weight excluding hydrogens is 391 g/mol. The van der Waals surface area contributed by atoms with Gasteiger partial charge in [0.25, 0.3) is 5.91 Å². The van der Waals surface area contributed by atoms with Gasteiger partial charge in [-0.1, -0.05) is 6.07 Å². The largest absolute Gasteiger partial charge is 0.411 e. The van der Waals surface area contributed by atoms with E-state index in [2.05, 4.69) is 20.4 Å². The minimum absolute atomic E-state index is 0.0226. The fourth-order valence-electron chi connectivity index (χ4n) is 1.83. The van der Waals surface area contributed by atoms with Crippen LogP contribution in [0.2, 0.25) is 0 Å². The predicted octanol–water partition coefficient (Wildman–Crippen LogP) is 3.08. The number of thiophene rings is 1. The summed E-state index contributed by atoms with van der Waals surface area (Å²) in [5.41, 5.74) is 0.502. The van der Waals surface area contributed by atoms with Crippen LogP contribution < -0.4 is 10.6 Å². The second kappa shape index (κ2) is 9.64. The summed E-state index contributed by atoms with van der Waals surface area (Å²) in [6.45, 7) is -1.17. The summed E-state index contributed by atoms with van der Waals surface area (Å²) in [4.78, 5) is 28.4. The van der Waals surface area contributed by atoms with Gasteiger partial charge in [-0.05, 0) is 17.9 Å². The van der Waals surface area contributed by atoms with Crippen LogP contribution in [-0.4, -0.2) is 42.7 Å². The quantitative estimate of drug-likeness (QED) is 0.626. The highest BCUT2D eigenvalue weighted by Crippen LogP contribution is 2.18. The van der Waals surface area contributed by atoms with Crippen LogP contribution >= 0.6 is 22.7 Å². The average molecular weight is 407 g/mol. The number of alkyl halides is 3. The summed E-state index contributed by atoms with van der Waals surface area (Å²) < 4.78 is 40.1. The van der Waals surface area contributed by atoms with Crippen molar-refractivity contribution in [1.82, 2.24) is 10.3 Å². The Bertz CT molecular complexity index is 717. The molecule has 0 aliphatic heterocycles. The lowest BCUT2D eigenvalue weighted by atomic mass is 10.3. The maximum absolute atomic E-state index is 11.9. The van der Waals surface area contributed by atoms with E-state index in [0.29, 0.717) is 15.7 Å². The molecule has 0 unspecified atom stereocenters. The molecule has 26 heavy (non-hydrogen) atoms. The fourth-order valence-corrected chi connectivity index (χ4v) is 3.15. The highest BCUT2D eigenvalue weighted by molar-refractivity contribution is 7.14. The Kier molecular flexibility index (Phi) is 7.54. The minimum Gasteiger partial charge on any atom is -0.372 e. The van der Waals surface area contributed by atoms with Gasteiger partial charge in [0.2, 0.25) is 5.91 Å². The van der Waals surface area contributed by atoms with E-state index in [9.17, 15) is 22.8 Å². The molecule has 2 aromatic heterocycles. The summed E-state index contributed by atoms with van der Waals surface area (Å²) in [5.74, 6) is -0.563. The molecule has 6 nitrogen and oxygen atoms in total. The van der Waals surface area contributed by atoms with Crippen molar-refractivity contribution in [2.75, 3.05) is 25.1 Å². The molecule has 0 spiro atoms. The second-order valence-corrected chi connectivity index (χ2v) is 6.93. The molecule has 0 aliphatic carbocycles. The van der Waals surface area contributed by atoms with E-state index in [4.69, 9.17) is 0 Å². The Morgan fingerprint density at radius 1 is 1.27 bits per heavy atom. The molecule has 142 valence electrons. The van der Waals surface area contributed by atoms with Crippen molar-refractivity contribution in [2.45, 2.75) is 19.0 Å². The number of carbonyl (C=O) groups excluding carboxylic acids is 2. The number of aromatic nitrogens is 1. The number of ether oxygens (including phenoxy) is 1. The van der Waals surface area contributed by atoms with E-state index in [1.807, 2.05) is 0 Å². The Labute approximate surface area is 155 Å². The molecule has 0 saturated carbocycles. The molecule has 2 amide bonds. The first-order valence-electron chi connectivity index (χ1n) is 7.54. The van der Waals surface area contributed by atoms with Crippen molar-refractivity contribution in [3.05, 3.63) is 33.5 Å². The number of carbonyl (C=O) groups is 2. The highest BCUT2D eigenvalue weighted by Gasteiger charge is 2.27. The monoisotopic (exact) mass is 407 g/mol. The van der Waals surface area contributed by atoms with Gasteiger partial charge < -0.3 is 10.1 Å². The van der Waals surface area contributed by atoms with Crippen LogP contribution in [-0.2, 0) is 16.0 Å². The first-order valence-corrected chi connectivity index (χ1v) is 9.30. The van der Waals surface area contributed by atoms with Gasteiger partial charge in [-0.15, -0.1) is 22.7 Å². The van der Waals surface area contributed by atoms with Crippen LogP contribution in [0.5, 0.6) is 0 Å². The molecule has 0 radical (unpaired) electrons. The van der Waals surface area contributed by atoms with Gasteiger partial charge in [0.1, 0.15) is 6.61 Å². The van der Waals surface area contributed by atoms with Gasteiger partial charge in [-0.25, -0.2) is 4.98 Å². The van der Waals surface area contributed by atoms with Crippen molar-refractivity contribution in [3.63, 3.8) is 0 Å². The predicted molar refractivity (Wildman–Crippen MR) is 92.6 cm³/mol. The molecule has 2 aromatic rings. The van der Waals surface area contributed by atoms with Gasteiger partial charge in [-0.2, -0.15) is 13.2 Å². The normalized spacial score (nSPS) is 11.3. The van der Waals surface area contributed by atoms with E-state index in [-0.39, 0.29) is 37.8 Å². The van der Waals surface area contributed by atoms with Crippen molar-refractivity contribution in [2.24, 2.45) is 0 Å². The van der Waals surface area contributed by atoms with Crippen LogP contribution in [0.4, 0.5) is 18.3 Å². The number of anilines is 1. The summed E-state index contributed by atoms with van der Waals surface area (Å²) >= 11 is 2.52. The van der Waals surface area contributed by atoms with Crippen molar-refractivity contribution in [1.29, 1.82) is 0 Å². The zero-order valence-corrected chi connectivity index (χ0v) is 15.1. The highest BCUT2D eigenvalue weighted by atomic mass is 32.1. The Morgan fingerprint density at radius 2 is 2.08 bits per heavy atom. The van der Waals surface area contributed by atoms with Gasteiger partial charge in [0.05, 0.1) is 17.0 Å². The van der Waals surface area contributed by atoms with E-state index in [0.717, 1.165) is 0 Å². The maximum Gasteiger partial charge on any atom is 0.411 e. The molecule has 0 aliphatic rings. The molecule has 0 saturated heterocycles. The topological polar surface area (TPSA) is 80.3 Å². The molecule has 0 atom stereocenters.